The third-order valence-electron chi connectivity index (χ3n) is 5.15. The number of piperazine rings is 1. The number of Topliss-reactive ketones (excluding diaryl/α,β-unsaturated/α-hetero) is 1. The summed E-state index contributed by atoms with van der Waals surface area (Å²) in [5.41, 5.74) is 1.38. The van der Waals surface area contributed by atoms with E-state index in [1.807, 2.05) is 24.3 Å². The van der Waals surface area contributed by atoms with Crippen LogP contribution in [0.15, 0.2) is 59.7 Å². The molecule has 0 unspecified atom stereocenters. The molecule has 0 N–H and O–H groups in total. The summed E-state index contributed by atoms with van der Waals surface area (Å²) in [6, 6.07) is 12.2. The van der Waals surface area contributed by atoms with Gasteiger partial charge in [0.2, 0.25) is 5.91 Å². The Morgan fingerprint density at radius 3 is 2.37 bits per heavy atom. The van der Waals surface area contributed by atoms with E-state index in [0.717, 1.165) is 5.69 Å². The molecule has 154 valence electrons. The number of carbonyl (C=O) groups is 2. The molecule has 0 atom stereocenters. The summed E-state index contributed by atoms with van der Waals surface area (Å²) in [6.07, 6.45) is 3.34. The summed E-state index contributed by atoms with van der Waals surface area (Å²) < 4.78 is 2.71. The number of amides is 1. The lowest BCUT2D eigenvalue weighted by Gasteiger charge is -2.36. The van der Waals surface area contributed by atoms with Crippen LogP contribution in [0, 0.1) is 0 Å². The highest BCUT2D eigenvalue weighted by Crippen LogP contribution is 2.18. The normalized spacial score (nSPS) is 14.0. The Morgan fingerprint density at radius 2 is 1.73 bits per heavy atom. The zero-order chi connectivity index (χ0) is 21.1. The number of nitrogens with zero attached hydrogens (tertiary/aromatic N) is 6. The fourth-order valence-corrected chi connectivity index (χ4v) is 3.43. The zero-order valence-corrected chi connectivity index (χ0v) is 16.6. The van der Waals surface area contributed by atoms with Crippen molar-refractivity contribution in [3.05, 3.63) is 70.8 Å². The van der Waals surface area contributed by atoms with Gasteiger partial charge in [0.05, 0.1) is 0 Å². The molecular weight excluding hydrogens is 384 g/mol. The van der Waals surface area contributed by atoms with Crippen molar-refractivity contribution < 1.29 is 9.59 Å². The second-order valence-corrected chi connectivity index (χ2v) is 7.11. The molecule has 1 aliphatic rings. The molecule has 1 aromatic carbocycles. The van der Waals surface area contributed by atoms with E-state index in [4.69, 9.17) is 0 Å². The average Bonchev–Trinajstić information content (AvgIpc) is 3.30. The van der Waals surface area contributed by atoms with Crippen LogP contribution in [-0.4, -0.2) is 62.3 Å². The largest absolute Gasteiger partial charge is 0.368 e. The molecular formula is C21H22N6O3. The first-order chi connectivity index (χ1) is 14.5. The Bertz CT molecular complexity index is 1100. The van der Waals surface area contributed by atoms with Crippen LogP contribution in [0.4, 0.5) is 5.69 Å². The number of benzene rings is 1. The van der Waals surface area contributed by atoms with Gasteiger partial charge in [-0.3, -0.25) is 14.4 Å². The van der Waals surface area contributed by atoms with Crippen LogP contribution in [0.25, 0.3) is 5.82 Å². The van der Waals surface area contributed by atoms with Crippen LogP contribution in [0.5, 0.6) is 0 Å². The fraction of sp³-hybridized carbons (Fsp3) is 0.286. The second kappa shape index (κ2) is 8.32. The highest BCUT2D eigenvalue weighted by atomic mass is 16.2. The summed E-state index contributed by atoms with van der Waals surface area (Å²) in [4.78, 5) is 40.2. The summed E-state index contributed by atoms with van der Waals surface area (Å²) in [7, 11) is 0. The first kappa shape index (κ1) is 19.6. The molecule has 0 saturated carbocycles. The summed E-state index contributed by atoms with van der Waals surface area (Å²) in [5.74, 6) is 0.373. The number of ketones is 1. The molecule has 1 saturated heterocycles. The molecule has 30 heavy (non-hydrogen) atoms. The maximum absolute atomic E-state index is 12.7. The van der Waals surface area contributed by atoms with Crippen LogP contribution in [-0.2, 0) is 11.3 Å². The highest BCUT2D eigenvalue weighted by Gasteiger charge is 2.22. The molecule has 4 rings (SSSR count). The molecule has 0 bridgehead atoms. The minimum atomic E-state index is -0.330. The molecule has 0 aliphatic carbocycles. The van der Waals surface area contributed by atoms with Gasteiger partial charge in [0.25, 0.3) is 5.56 Å². The molecule has 3 aromatic rings. The van der Waals surface area contributed by atoms with Crippen molar-refractivity contribution in [2.45, 2.75) is 13.5 Å². The number of carbonyl (C=O) groups excluding carboxylic acids is 2. The predicted octanol–water partition coefficient (Wildman–Crippen LogP) is 0.980. The number of hydrogen-bond donors (Lipinski definition) is 0. The maximum atomic E-state index is 12.7. The molecule has 9 nitrogen and oxygen atoms in total. The van der Waals surface area contributed by atoms with Crippen LogP contribution >= 0.6 is 0 Å². The molecule has 3 heterocycles. The third kappa shape index (κ3) is 4.14. The lowest BCUT2D eigenvalue weighted by atomic mass is 10.1. The number of aromatic nitrogens is 4. The van der Waals surface area contributed by atoms with Crippen LogP contribution in [0.1, 0.15) is 17.3 Å². The van der Waals surface area contributed by atoms with Gasteiger partial charge < -0.3 is 9.80 Å². The predicted molar refractivity (Wildman–Crippen MR) is 111 cm³/mol. The first-order valence-electron chi connectivity index (χ1n) is 9.73. The number of hydrogen-bond acceptors (Lipinski definition) is 6. The van der Waals surface area contributed by atoms with Gasteiger partial charge in [-0.2, -0.15) is 5.10 Å². The van der Waals surface area contributed by atoms with E-state index >= 15 is 0 Å². The first-order valence-corrected chi connectivity index (χ1v) is 9.73. The van der Waals surface area contributed by atoms with E-state index in [0.29, 0.717) is 37.6 Å². The SMILES string of the molecule is CC(=O)c1ccc(N2CCN(C(=O)Cn3nc(-n4cccn4)ccc3=O)CC2)cc1. The van der Waals surface area contributed by atoms with E-state index in [-0.39, 0.29) is 23.8 Å². The minimum absolute atomic E-state index is 0.0393. The van der Waals surface area contributed by atoms with Crippen molar-refractivity contribution in [2.24, 2.45) is 0 Å². The summed E-state index contributed by atoms with van der Waals surface area (Å²) >= 11 is 0. The van der Waals surface area contributed by atoms with Gasteiger partial charge in [0, 0.05) is 55.9 Å². The number of anilines is 1. The van der Waals surface area contributed by atoms with Crippen molar-refractivity contribution >= 4 is 17.4 Å². The molecule has 1 fully saturated rings. The Balaban J connectivity index is 1.38. The van der Waals surface area contributed by atoms with E-state index in [9.17, 15) is 14.4 Å². The van der Waals surface area contributed by atoms with Gasteiger partial charge >= 0.3 is 0 Å². The zero-order valence-electron chi connectivity index (χ0n) is 16.6. The van der Waals surface area contributed by atoms with Gasteiger partial charge in [0.15, 0.2) is 11.6 Å². The van der Waals surface area contributed by atoms with Gasteiger partial charge in [-0.05, 0) is 43.3 Å². The number of rotatable bonds is 5. The molecule has 1 amide bonds. The van der Waals surface area contributed by atoms with E-state index in [2.05, 4.69) is 15.1 Å². The van der Waals surface area contributed by atoms with E-state index < -0.39 is 0 Å². The van der Waals surface area contributed by atoms with Crippen LogP contribution in [0.2, 0.25) is 0 Å². The van der Waals surface area contributed by atoms with Gasteiger partial charge in [-0.15, -0.1) is 5.10 Å². The van der Waals surface area contributed by atoms with Crippen molar-refractivity contribution in [3.8, 4) is 5.82 Å². The Kier molecular flexibility index (Phi) is 5.42. The highest BCUT2D eigenvalue weighted by molar-refractivity contribution is 5.94. The van der Waals surface area contributed by atoms with Crippen molar-refractivity contribution in [1.29, 1.82) is 0 Å². The Morgan fingerprint density at radius 1 is 1.00 bits per heavy atom. The third-order valence-corrected chi connectivity index (χ3v) is 5.15. The summed E-state index contributed by atoms with van der Waals surface area (Å²) in [6.45, 7) is 3.91. The monoisotopic (exact) mass is 406 g/mol. The molecule has 0 spiro atoms. The topological polar surface area (TPSA) is 93.3 Å². The lowest BCUT2D eigenvalue weighted by Crippen LogP contribution is -2.50. The van der Waals surface area contributed by atoms with Gasteiger partial charge in [-0.25, -0.2) is 9.36 Å². The minimum Gasteiger partial charge on any atom is -0.368 e. The van der Waals surface area contributed by atoms with Crippen LogP contribution < -0.4 is 10.5 Å². The van der Waals surface area contributed by atoms with Gasteiger partial charge in [-0.1, -0.05) is 0 Å². The standard InChI is InChI=1S/C21H22N6O3/c1-16(28)17-3-5-18(6-4-17)24-11-13-25(14-12-24)21(30)15-27-20(29)8-7-19(23-27)26-10-2-9-22-26/h2-10H,11-15H2,1H3. The molecule has 0 radical (unpaired) electrons. The Hall–Kier alpha value is -3.75. The van der Waals surface area contributed by atoms with Crippen molar-refractivity contribution in [1.82, 2.24) is 24.5 Å². The van der Waals surface area contributed by atoms with E-state index in [1.54, 1.807) is 36.4 Å². The van der Waals surface area contributed by atoms with E-state index in [1.165, 1.54) is 15.4 Å². The van der Waals surface area contributed by atoms with Crippen molar-refractivity contribution in [3.63, 3.8) is 0 Å². The molecule has 1 aliphatic heterocycles. The molecule has 2 aromatic heterocycles. The Labute approximate surface area is 173 Å². The maximum Gasteiger partial charge on any atom is 0.267 e. The average molecular weight is 406 g/mol. The van der Waals surface area contributed by atoms with Crippen molar-refractivity contribution in [2.75, 3.05) is 31.1 Å². The lowest BCUT2D eigenvalue weighted by molar-refractivity contribution is -0.132. The molecule has 9 heteroatoms. The smallest absolute Gasteiger partial charge is 0.267 e. The van der Waals surface area contributed by atoms with Crippen LogP contribution in [0.3, 0.4) is 0 Å². The summed E-state index contributed by atoms with van der Waals surface area (Å²) in [5, 5.41) is 8.35. The fourth-order valence-electron chi connectivity index (χ4n) is 3.43. The van der Waals surface area contributed by atoms with Gasteiger partial charge in [0.1, 0.15) is 6.54 Å². The quantitative estimate of drug-likeness (QED) is 0.587. The second-order valence-electron chi connectivity index (χ2n) is 7.11.